The van der Waals surface area contributed by atoms with Gasteiger partial charge >= 0.3 is 0 Å². The summed E-state index contributed by atoms with van der Waals surface area (Å²) in [6.45, 7) is 3.80. The molecule has 1 spiro atoms. The molecule has 0 amide bonds. The maximum Gasteiger partial charge on any atom is 0.198 e. The predicted octanol–water partition coefficient (Wildman–Crippen LogP) is 3.84. The smallest absolute Gasteiger partial charge is 0.198 e. The number of nitrogens with zero attached hydrogens (tertiary/aromatic N) is 4. The summed E-state index contributed by atoms with van der Waals surface area (Å²) in [6.07, 6.45) is 2.59. The number of aromatic nitrogens is 4. The molecule has 3 aromatic rings. The molecular formula is C22H26BrN5O4. The Morgan fingerprint density at radius 3 is 2.78 bits per heavy atom. The largest absolute Gasteiger partial charge is 0.497 e. The molecule has 0 bridgehead atoms. The van der Waals surface area contributed by atoms with Gasteiger partial charge in [-0.2, -0.15) is 5.10 Å². The third-order valence-electron chi connectivity index (χ3n) is 6.21. The summed E-state index contributed by atoms with van der Waals surface area (Å²) in [5.41, 5.74) is 2.58. The fraction of sp³-hybridized carbons (Fsp3) is 0.500. The van der Waals surface area contributed by atoms with Crippen molar-refractivity contribution < 1.29 is 18.9 Å². The molecular weight excluding hydrogens is 478 g/mol. The number of halogens is 1. The summed E-state index contributed by atoms with van der Waals surface area (Å²) >= 11 is 3.56. The van der Waals surface area contributed by atoms with Crippen LogP contribution in [0.15, 0.2) is 22.8 Å². The monoisotopic (exact) mass is 503 g/mol. The van der Waals surface area contributed by atoms with Crippen molar-refractivity contribution in [2.75, 3.05) is 32.8 Å². The first-order valence-electron chi connectivity index (χ1n) is 10.7. The molecule has 10 heteroatoms. The van der Waals surface area contributed by atoms with Crippen molar-refractivity contribution in [3.05, 3.63) is 39.9 Å². The van der Waals surface area contributed by atoms with Gasteiger partial charge in [0.15, 0.2) is 23.1 Å². The number of anilines is 1. The number of fused-ring (bicyclic) bond motifs is 1. The van der Waals surface area contributed by atoms with Crippen molar-refractivity contribution in [2.24, 2.45) is 0 Å². The Kier molecular flexibility index (Phi) is 5.68. The minimum absolute atomic E-state index is 0.195. The molecule has 2 fully saturated rings. The van der Waals surface area contributed by atoms with Gasteiger partial charge in [0, 0.05) is 36.9 Å². The van der Waals surface area contributed by atoms with Crippen molar-refractivity contribution in [1.29, 1.82) is 0 Å². The van der Waals surface area contributed by atoms with E-state index in [9.17, 15) is 0 Å². The van der Waals surface area contributed by atoms with E-state index in [2.05, 4.69) is 26.2 Å². The predicted molar refractivity (Wildman–Crippen MR) is 121 cm³/mol. The molecule has 1 N–H and O–H groups in total. The normalized spacial score (nSPS) is 19.7. The molecule has 1 unspecified atom stereocenters. The minimum Gasteiger partial charge on any atom is -0.497 e. The number of nitrogens with one attached hydrogen (secondary N) is 1. The summed E-state index contributed by atoms with van der Waals surface area (Å²) < 4.78 is 25.1. The molecule has 1 aliphatic carbocycles. The fourth-order valence-electron chi connectivity index (χ4n) is 4.45. The number of hydrogen-bond donors (Lipinski definition) is 1. The Morgan fingerprint density at radius 2 is 2.03 bits per heavy atom. The quantitative estimate of drug-likeness (QED) is 0.542. The number of methoxy groups -OCH3 is 2. The zero-order valence-electron chi connectivity index (χ0n) is 18.4. The van der Waals surface area contributed by atoms with Gasteiger partial charge in [0.25, 0.3) is 0 Å². The molecule has 32 heavy (non-hydrogen) atoms. The molecule has 1 saturated heterocycles. The zero-order valence-corrected chi connectivity index (χ0v) is 19.9. The Morgan fingerprint density at radius 1 is 1.22 bits per heavy atom. The minimum atomic E-state index is -0.456. The van der Waals surface area contributed by atoms with E-state index in [4.69, 9.17) is 29.0 Å². The summed E-state index contributed by atoms with van der Waals surface area (Å²) in [7, 11) is 3.28. The van der Waals surface area contributed by atoms with Crippen LogP contribution < -0.4 is 14.8 Å². The molecule has 170 valence electrons. The van der Waals surface area contributed by atoms with Crippen molar-refractivity contribution in [1.82, 2.24) is 19.6 Å². The highest BCUT2D eigenvalue weighted by molar-refractivity contribution is 9.10. The number of rotatable bonds is 6. The molecule has 2 aliphatic rings. The highest BCUT2D eigenvalue weighted by Gasteiger charge is 2.45. The van der Waals surface area contributed by atoms with Crippen molar-refractivity contribution in [3.63, 3.8) is 0 Å². The van der Waals surface area contributed by atoms with Gasteiger partial charge in [-0.15, -0.1) is 0 Å². The molecule has 2 aromatic heterocycles. The molecule has 1 saturated carbocycles. The molecule has 9 nitrogen and oxygen atoms in total. The van der Waals surface area contributed by atoms with Crippen molar-refractivity contribution >= 4 is 27.4 Å². The lowest BCUT2D eigenvalue weighted by Gasteiger charge is -2.20. The molecule has 3 heterocycles. The van der Waals surface area contributed by atoms with Crippen molar-refractivity contribution in [2.45, 2.75) is 44.4 Å². The molecule has 1 aromatic carbocycles. The topological polar surface area (TPSA) is 92.0 Å². The maximum atomic E-state index is 5.88. The third-order valence-corrected chi connectivity index (χ3v) is 6.96. The van der Waals surface area contributed by atoms with E-state index in [1.54, 1.807) is 14.2 Å². The fourth-order valence-corrected chi connectivity index (χ4v) is 4.80. The summed E-state index contributed by atoms with van der Waals surface area (Å²) in [4.78, 5) is 9.56. The van der Waals surface area contributed by atoms with E-state index in [1.165, 1.54) is 0 Å². The third kappa shape index (κ3) is 3.80. The van der Waals surface area contributed by atoms with Crippen LogP contribution in [-0.4, -0.2) is 52.8 Å². The average Bonchev–Trinajstić information content (AvgIpc) is 3.56. The van der Waals surface area contributed by atoms with Crippen LogP contribution in [0.3, 0.4) is 0 Å². The van der Waals surface area contributed by atoms with Crippen LogP contribution in [0, 0.1) is 6.92 Å². The Bertz CT molecular complexity index is 1150. The first-order valence-corrected chi connectivity index (χ1v) is 11.5. The SMILES string of the molecule is COc1ccc(CNc2nc(Br)c(C)n3nc(C4CCC5(C4)OCCO5)nc23)c(OC)c1. The number of hydrogen-bond acceptors (Lipinski definition) is 8. The summed E-state index contributed by atoms with van der Waals surface area (Å²) in [5.74, 6) is 2.68. The van der Waals surface area contributed by atoms with Crippen LogP contribution in [0.4, 0.5) is 5.82 Å². The van der Waals surface area contributed by atoms with Gasteiger partial charge in [-0.3, -0.25) is 0 Å². The lowest BCUT2D eigenvalue weighted by atomic mass is 10.1. The maximum absolute atomic E-state index is 5.88. The van der Waals surface area contributed by atoms with Gasteiger partial charge in [-0.1, -0.05) is 0 Å². The standard InChI is InChI=1S/C22H26BrN5O4/c1-13-18(23)25-20(24-12-15-4-5-16(29-2)10-17(15)30-3)21-26-19(27-28(13)21)14-6-7-22(11-14)31-8-9-32-22/h4-5,10,14H,6-9,11-12H2,1-3H3,(H,24,25). The number of ether oxygens (including phenoxy) is 4. The second-order valence-electron chi connectivity index (χ2n) is 8.12. The lowest BCUT2D eigenvalue weighted by molar-refractivity contribution is -0.151. The van der Waals surface area contributed by atoms with Crippen LogP contribution in [-0.2, 0) is 16.0 Å². The van der Waals surface area contributed by atoms with E-state index >= 15 is 0 Å². The molecule has 5 rings (SSSR count). The second kappa shape index (κ2) is 8.49. The number of aryl methyl sites for hydroxylation is 1. The molecule has 1 aliphatic heterocycles. The van der Waals surface area contributed by atoms with Gasteiger partial charge < -0.3 is 24.3 Å². The molecule has 1 atom stereocenters. The van der Waals surface area contributed by atoms with Gasteiger partial charge in [-0.05, 0) is 41.4 Å². The van der Waals surface area contributed by atoms with E-state index in [1.807, 2.05) is 29.6 Å². The van der Waals surface area contributed by atoms with Gasteiger partial charge in [0.1, 0.15) is 16.1 Å². The summed E-state index contributed by atoms with van der Waals surface area (Å²) in [5, 5.41) is 8.23. The van der Waals surface area contributed by atoms with E-state index in [-0.39, 0.29) is 5.92 Å². The average molecular weight is 504 g/mol. The van der Waals surface area contributed by atoms with Gasteiger partial charge in [0.2, 0.25) is 0 Å². The first kappa shape index (κ1) is 21.4. The lowest BCUT2D eigenvalue weighted by Crippen LogP contribution is -2.25. The molecule has 0 radical (unpaired) electrons. The van der Waals surface area contributed by atoms with Gasteiger partial charge in [-0.25, -0.2) is 14.5 Å². The van der Waals surface area contributed by atoms with Crippen LogP contribution >= 0.6 is 15.9 Å². The second-order valence-corrected chi connectivity index (χ2v) is 8.87. The zero-order chi connectivity index (χ0) is 22.3. The van der Waals surface area contributed by atoms with E-state index in [0.29, 0.717) is 31.2 Å². The van der Waals surface area contributed by atoms with E-state index in [0.717, 1.165) is 52.4 Å². The van der Waals surface area contributed by atoms with Crippen LogP contribution in [0.1, 0.15) is 42.3 Å². The highest BCUT2D eigenvalue weighted by atomic mass is 79.9. The Hall–Kier alpha value is -2.43. The summed E-state index contributed by atoms with van der Waals surface area (Å²) in [6, 6.07) is 5.75. The van der Waals surface area contributed by atoms with Crippen LogP contribution in [0.2, 0.25) is 0 Å². The van der Waals surface area contributed by atoms with Crippen LogP contribution in [0.5, 0.6) is 11.5 Å². The van der Waals surface area contributed by atoms with Gasteiger partial charge in [0.05, 0.1) is 33.1 Å². The highest BCUT2D eigenvalue weighted by Crippen LogP contribution is 2.45. The van der Waals surface area contributed by atoms with E-state index < -0.39 is 5.79 Å². The Balaban J connectivity index is 1.43. The van der Waals surface area contributed by atoms with Crippen LogP contribution in [0.25, 0.3) is 5.65 Å². The number of benzene rings is 1. The van der Waals surface area contributed by atoms with Crippen molar-refractivity contribution in [3.8, 4) is 11.5 Å². The Labute approximate surface area is 194 Å². The first-order chi connectivity index (χ1) is 15.5.